The topological polar surface area (TPSA) is 26.3 Å². The highest BCUT2D eigenvalue weighted by molar-refractivity contribution is 14.1. The molecule has 0 atom stereocenters. The van der Waals surface area contributed by atoms with Crippen molar-refractivity contribution < 1.29 is 9.53 Å². The Hall–Kier alpha value is -1.10. The molecule has 1 rings (SSSR count). The van der Waals surface area contributed by atoms with Gasteiger partial charge in [0.1, 0.15) is 0 Å². The van der Waals surface area contributed by atoms with Crippen LogP contribution in [0.15, 0.2) is 58.9 Å². The summed E-state index contributed by atoms with van der Waals surface area (Å²) in [5.41, 5.74) is 5.36. The molecule has 0 N–H and O–H groups in total. The van der Waals surface area contributed by atoms with E-state index in [0.717, 1.165) is 5.57 Å². The Kier molecular flexibility index (Phi) is 8.03. The van der Waals surface area contributed by atoms with Crippen molar-refractivity contribution in [2.45, 2.75) is 53.9 Å². The van der Waals surface area contributed by atoms with Crippen molar-refractivity contribution in [3.63, 3.8) is 0 Å². The summed E-state index contributed by atoms with van der Waals surface area (Å²) in [6, 6.07) is 0. The predicted octanol–water partition coefficient (Wildman–Crippen LogP) is 7.05. The zero-order valence-electron chi connectivity index (χ0n) is 14.8. The van der Waals surface area contributed by atoms with Gasteiger partial charge in [-0.1, -0.05) is 55.4 Å². The molecule has 0 fully saturated rings. The molecule has 126 valence electrons. The molecule has 0 saturated carbocycles. The zero-order valence-corrected chi connectivity index (χ0v) is 16.9. The van der Waals surface area contributed by atoms with Crippen molar-refractivity contribution in [1.29, 1.82) is 0 Å². The minimum Gasteiger partial charge on any atom is -0.427 e. The largest absolute Gasteiger partial charge is 0.427 e. The average Bonchev–Trinajstić information content (AvgIpc) is 2.44. The van der Waals surface area contributed by atoms with Crippen LogP contribution in [0, 0.1) is 5.41 Å². The Morgan fingerprint density at radius 3 is 2.52 bits per heavy atom. The molecule has 23 heavy (non-hydrogen) atoms. The third-order valence-electron chi connectivity index (χ3n) is 4.11. The number of hydrogen-bond donors (Lipinski definition) is 0. The van der Waals surface area contributed by atoms with Crippen LogP contribution >= 0.6 is 22.6 Å². The van der Waals surface area contributed by atoms with Gasteiger partial charge in [-0.2, -0.15) is 0 Å². The number of allylic oxidation sites excluding steroid dienone is 9. The van der Waals surface area contributed by atoms with Crippen LogP contribution in [0.2, 0.25) is 0 Å². The maximum Gasteiger partial charge on any atom is 0.371 e. The predicted molar refractivity (Wildman–Crippen MR) is 107 cm³/mol. The first kappa shape index (κ1) is 19.9. The summed E-state index contributed by atoms with van der Waals surface area (Å²) < 4.78 is 4.49. The van der Waals surface area contributed by atoms with Crippen LogP contribution in [0.4, 0.5) is 4.79 Å². The fourth-order valence-corrected chi connectivity index (χ4v) is 2.94. The van der Waals surface area contributed by atoms with E-state index < -0.39 is 0 Å². The molecule has 0 radical (unpaired) electrons. The van der Waals surface area contributed by atoms with E-state index in [-0.39, 0.29) is 9.39 Å². The minimum absolute atomic E-state index is 0.275. The maximum atomic E-state index is 10.7. The van der Waals surface area contributed by atoms with E-state index in [1.54, 1.807) is 22.6 Å². The van der Waals surface area contributed by atoms with Gasteiger partial charge in [0, 0.05) is 0 Å². The van der Waals surface area contributed by atoms with Crippen LogP contribution < -0.4 is 0 Å². The number of halogens is 1. The molecule has 0 spiro atoms. The molecule has 0 aromatic heterocycles. The van der Waals surface area contributed by atoms with Crippen LogP contribution in [-0.2, 0) is 4.74 Å². The van der Waals surface area contributed by atoms with Crippen molar-refractivity contribution in [1.82, 2.24) is 0 Å². The smallest absolute Gasteiger partial charge is 0.371 e. The number of ether oxygens (including phenoxy) is 1. The second kappa shape index (κ2) is 9.26. The molecule has 0 aromatic carbocycles. The lowest BCUT2D eigenvalue weighted by Crippen LogP contribution is -2.19. The lowest BCUT2D eigenvalue weighted by molar-refractivity contribution is 0.217. The number of carbonyl (C=O) groups excluding carboxylic acids is 1. The molecule has 0 bridgehead atoms. The summed E-state index contributed by atoms with van der Waals surface area (Å²) in [7, 11) is 0. The zero-order chi connectivity index (χ0) is 17.5. The van der Waals surface area contributed by atoms with Crippen LogP contribution in [-0.4, -0.2) is 3.98 Å². The summed E-state index contributed by atoms with van der Waals surface area (Å²) >= 11 is 1.61. The Morgan fingerprint density at radius 1 is 1.22 bits per heavy atom. The van der Waals surface area contributed by atoms with E-state index in [4.69, 9.17) is 4.74 Å². The minimum atomic E-state index is -0.330. The molecular weight excluding hydrogens is 399 g/mol. The van der Waals surface area contributed by atoms with Crippen molar-refractivity contribution in [3.8, 4) is 0 Å². The van der Waals surface area contributed by atoms with E-state index in [0.29, 0.717) is 0 Å². The lowest BCUT2D eigenvalue weighted by Gasteiger charge is -2.32. The summed E-state index contributed by atoms with van der Waals surface area (Å²) in [6.07, 6.45) is 15.6. The first-order valence-corrected chi connectivity index (χ1v) is 9.06. The third-order valence-corrected chi connectivity index (χ3v) is 4.37. The van der Waals surface area contributed by atoms with Gasteiger partial charge in [-0.05, 0) is 56.6 Å². The Morgan fingerprint density at radius 2 is 1.91 bits per heavy atom. The van der Waals surface area contributed by atoms with Gasteiger partial charge < -0.3 is 4.74 Å². The average molecular weight is 426 g/mol. The molecular formula is C20H27IO2. The van der Waals surface area contributed by atoms with E-state index in [1.807, 2.05) is 19.1 Å². The molecule has 0 aliphatic heterocycles. The second-order valence-corrected chi connectivity index (χ2v) is 7.63. The Bertz CT molecular complexity index is 587. The molecule has 0 heterocycles. The van der Waals surface area contributed by atoms with Crippen LogP contribution in [0.3, 0.4) is 0 Å². The molecule has 0 unspecified atom stereocenters. The fourth-order valence-electron chi connectivity index (χ4n) is 2.81. The normalized spacial score (nSPS) is 19.7. The van der Waals surface area contributed by atoms with Gasteiger partial charge in [-0.3, -0.25) is 0 Å². The fraction of sp³-hybridized carbons (Fsp3) is 0.450. The van der Waals surface area contributed by atoms with Crippen molar-refractivity contribution in [2.24, 2.45) is 5.41 Å². The van der Waals surface area contributed by atoms with E-state index >= 15 is 0 Å². The molecule has 0 amide bonds. The van der Waals surface area contributed by atoms with Gasteiger partial charge in [-0.25, -0.2) is 4.79 Å². The SMILES string of the molecule is CC(C=CC1=C(C)CCCC1(C)C)=CC=CC(C)=COC(=O)I. The van der Waals surface area contributed by atoms with Gasteiger partial charge in [0.15, 0.2) is 0 Å². The second-order valence-electron chi connectivity index (χ2n) is 6.75. The molecule has 1 aliphatic rings. The maximum absolute atomic E-state index is 10.7. The van der Waals surface area contributed by atoms with Crippen molar-refractivity contribution in [3.05, 3.63) is 58.9 Å². The van der Waals surface area contributed by atoms with E-state index in [1.165, 1.54) is 42.2 Å². The van der Waals surface area contributed by atoms with Crippen LogP contribution in [0.1, 0.15) is 53.9 Å². The van der Waals surface area contributed by atoms with Gasteiger partial charge in [0.05, 0.1) is 28.9 Å². The van der Waals surface area contributed by atoms with E-state index in [9.17, 15) is 4.79 Å². The Balaban J connectivity index is 2.73. The molecule has 0 saturated heterocycles. The van der Waals surface area contributed by atoms with Gasteiger partial charge >= 0.3 is 3.98 Å². The Labute approximate surface area is 154 Å². The van der Waals surface area contributed by atoms with Crippen molar-refractivity contribution >= 4 is 26.6 Å². The first-order valence-electron chi connectivity index (χ1n) is 7.98. The van der Waals surface area contributed by atoms with Crippen molar-refractivity contribution in [2.75, 3.05) is 0 Å². The summed E-state index contributed by atoms with van der Waals surface area (Å²) in [6.45, 7) is 10.9. The standard InChI is InChI=1S/C20H27IO2/c1-15(8-6-9-16(2)14-23-19(21)22)11-12-18-17(3)10-7-13-20(18,4)5/h6,8-9,11-12,14H,7,10,13H2,1-5H3. The third kappa shape index (κ3) is 7.34. The molecule has 1 aliphatic carbocycles. The van der Waals surface area contributed by atoms with Crippen LogP contribution in [0.25, 0.3) is 0 Å². The number of carbonyl (C=O) groups is 1. The van der Waals surface area contributed by atoms with Crippen LogP contribution in [0.5, 0.6) is 0 Å². The first-order chi connectivity index (χ1) is 10.7. The molecule has 0 aromatic rings. The van der Waals surface area contributed by atoms with Gasteiger partial charge in [0.25, 0.3) is 0 Å². The lowest BCUT2D eigenvalue weighted by atomic mass is 9.72. The monoisotopic (exact) mass is 426 g/mol. The highest BCUT2D eigenvalue weighted by Gasteiger charge is 2.26. The van der Waals surface area contributed by atoms with Gasteiger partial charge in [-0.15, -0.1) is 0 Å². The highest BCUT2D eigenvalue weighted by Crippen LogP contribution is 2.40. The summed E-state index contributed by atoms with van der Waals surface area (Å²) in [4.78, 5) is 10.7. The molecule has 3 heteroatoms. The number of rotatable bonds is 5. The highest BCUT2D eigenvalue weighted by atomic mass is 127. The molecule has 2 nitrogen and oxygen atoms in total. The van der Waals surface area contributed by atoms with E-state index in [2.05, 4.69) is 45.9 Å². The quantitative estimate of drug-likeness (QED) is 0.204. The summed E-state index contributed by atoms with van der Waals surface area (Å²) in [5, 5.41) is 0. The number of hydrogen-bond acceptors (Lipinski definition) is 2. The summed E-state index contributed by atoms with van der Waals surface area (Å²) in [5.74, 6) is 0. The van der Waals surface area contributed by atoms with Gasteiger partial charge in [0.2, 0.25) is 0 Å².